The van der Waals surface area contributed by atoms with Crippen LogP contribution in [0.5, 0.6) is 5.75 Å². The molecule has 1 amide bonds. The number of carbonyl (C=O) groups is 1. The van der Waals surface area contributed by atoms with Crippen LogP contribution in [0.25, 0.3) is 11.3 Å². The van der Waals surface area contributed by atoms with Crippen molar-refractivity contribution in [3.8, 4) is 17.0 Å². The van der Waals surface area contributed by atoms with Gasteiger partial charge in [-0.2, -0.15) is 0 Å². The molecule has 0 fully saturated rings. The number of nitrogens with zero attached hydrogens (tertiary/aromatic N) is 1. The minimum atomic E-state index is -0.281. The average molecular weight is 246 g/mol. The molecular formula is C12H10N2O2S. The van der Waals surface area contributed by atoms with Crippen LogP contribution in [-0.2, 0) is 4.79 Å². The van der Waals surface area contributed by atoms with E-state index in [-0.39, 0.29) is 11.7 Å². The first-order chi connectivity index (χ1) is 8.19. The highest BCUT2D eigenvalue weighted by molar-refractivity contribution is 7.14. The Kier molecular flexibility index (Phi) is 3.20. The van der Waals surface area contributed by atoms with Crippen molar-refractivity contribution in [2.45, 2.75) is 0 Å². The van der Waals surface area contributed by atoms with Crippen molar-refractivity contribution in [1.29, 1.82) is 0 Å². The minimum Gasteiger partial charge on any atom is -0.508 e. The van der Waals surface area contributed by atoms with Gasteiger partial charge in [-0.1, -0.05) is 6.58 Å². The van der Waals surface area contributed by atoms with E-state index in [1.165, 1.54) is 17.4 Å². The van der Waals surface area contributed by atoms with Gasteiger partial charge in [0.2, 0.25) is 5.91 Å². The third kappa shape index (κ3) is 2.70. The summed E-state index contributed by atoms with van der Waals surface area (Å²) >= 11 is 1.34. The molecule has 0 atom stereocenters. The monoisotopic (exact) mass is 246 g/mol. The molecule has 2 aromatic rings. The molecule has 0 spiro atoms. The lowest BCUT2D eigenvalue weighted by Crippen LogP contribution is -2.06. The number of aromatic nitrogens is 1. The van der Waals surface area contributed by atoms with Gasteiger partial charge in [-0.05, 0) is 30.3 Å². The number of hydrogen-bond donors (Lipinski definition) is 2. The first-order valence-corrected chi connectivity index (χ1v) is 5.75. The molecule has 5 heteroatoms. The Morgan fingerprint density at radius 2 is 2.12 bits per heavy atom. The molecule has 17 heavy (non-hydrogen) atoms. The Morgan fingerprint density at radius 1 is 1.41 bits per heavy atom. The molecule has 4 nitrogen and oxygen atoms in total. The van der Waals surface area contributed by atoms with Crippen molar-refractivity contribution in [3.63, 3.8) is 0 Å². The van der Waals surface area contributed by atoms with Gasteiger partial charge in [-0.25, -0.2) is 4.98 Å². The van der Waals surface area contributed by atoms with Gasteiger partial charge in [0.05, 0.1) is 5.69 Å². The van der Waals surface area contributed by atoms with Gasteiger partial charge >= 0.3 is 0 Å². The molecule has 2 rings (SSSR count). The molecule has 0 aliphatic heterocycles. The number of amides is 1. The number of benzene rings is 1. The Bertz CT molecular complexity index is 546. The van der Waals surface area contributed by atoms with Gasteiger partial charge in [0.25, 0.3) is 0 Å². The second kappa shape index (κ2) is 4.80. The van der Waals surface area contributed by atoms with Crippen LogP contribution in [-0.4, -0.2) is 16.0 Å². The predicted molar refractivity (Wildman–Crippen MR) is 68.0 cm³/mol. The van der Waals surface area contributed by atoms with Gasteiger partial charge in [-0.15, -0.1) is 11.3 Å². The summed E-state index contributed by atoms with van der Waals surface area (Å²) < 4.78 is 0. The number of phenolic OH excluding ortho intramolecular Hbond substituents is 1. The van der Waals surface area contributed by atoms with Gasteiger partial charge in [0.1, 0.15) is 5.75 Å². The lowest BCUT2D eigenvalue weighted by Gasteiger charge is -1.97. The Morgan fingerprint density at radius 3 is 2.76 bits per heavy atom. The highest BCUT2D eigenvalue weighted by Gasteiger charge is 2.05. The van der Waals surface area contributed by atoms with Gasteiger partial charge in [-0.3, -0.25) is 10.1 Å². The van der Waals surface area contributed by atoms with Crippen molar-refractivity contribution < 1.29 is 9.90 Å². The van der Waals surface area contributed by atoms with E-state index in [0.717, 1.165) is 11.3 Å². The van der Waals surface area contributed by atoms with Crippen LogP contribution in [0.15, 0.2) is 42.3 Å². The number of thiazole rings is 1. The zero-order valence-corrected chi connectivity index (χ0v) is 9.70. The molecule has 1 aromatic carbocycles. The summed E-state index contributed by atoms with van der Waals surface area (Å²) in [6.07, 6.45) is 1.20. The van der Waals surface area contributed by atoms with Crippen molar-refractivity contribution >= 4 is 22.4 Å². The number of rotatable bonds is 3. The maximum atomic E-state index is 11.1. The normalized spacial score (nSPS) is 9.88. The number of anilines is 1. The molecule has 86 valence electrons. The van der Waals surface area contributed by atoms with Crippen LogP contribution in [0, 0.1) is 0 Å². The highest BCUT2D eigenvalue weighted by atomic mass is 32.1. The van der Waals surface area contributed by atoms with Crippen LogP contribution in [0.4, 0.5) is 5.13 Å². The quantitative estimate of drug-likeness (QED) is 0.818. The molecule has 1 heterocycles. The fraction of sp³-hybridized carbons (Fsp3) is 0. The third-order valence-corrected chi connectivity index (χ3v) is 2.84. The average Bonchev–Trinajstić information content (AvgIpc) is 2.78. The lowest BCUT2D eigenvalue weighted by molar-refractivity contribution is -0.111. The molecule has 0 bridgehead atoms. The smallest absolute Gasteiger partial charge is 0.249 e. The number of nitrogens with one attached hydrogen (secondary N) is 1. The van der Waals surface area contributed by atoms with Crippen molar-refractivity contribution in [3.05, 3.63) is 42.3 Å². The summed E-state index contributed by atoms with van der Waals surface area (Å²) in [5.74, 6) is -0.0687. The SMILES string of the molecule is C=CC(=O)Nc1nc(-c2ccc(O)cc2)cs1. The van der Waals surface area contributed by atoms with Crippen molar-refractivity contribution in [2.75, 3.05) is 5.32 Å². The van der Waals surface area contributed by atoms with Gasteiger partial charge in [0.15, 0.2) is 5.13 Å². The summed E-state index contributed by atoms with van der Waals surface area (Å²) in [7, 11) is 0. The molecular weight excluding hydrogens is 236 g/mol. The minimum absolute atomic E-state index is 0.212. The van der Waals surface area contributed by atoms with Gasteiger partial charge < -0.3 is 5.11 Å². The Hall–Kier alpha value is -2.14. The van der Waals surface area contributed by atoms with E-state index in [9.17, 15) is 9.90 Å². The largest absolute Gasteiger partial charge is 0.508 e. The second-order valence-corrected chi connectivity index (χ2v) is 4.14. The van der Waals surface area contributed by atoms with Crippen LogP contribution in [0.2, 0.25) is 0 Å². The number of carbonyl (C=O) groups excluding carboxylic acids is 1. The van der Waals surface area contributed by atoms with Crippen molar-refractivity contribution in [2.24, 2.45) is 0 Å². The van der Waals surface area contributed by atoms with Crippen LogP contribution in [0.1, 0.15) is 0 Å². The van der Waals surface area contributed by atoms with Crippen LogP contribution >= 0.6 is 11.3 Å². The van der Waals surface area contributed by atoms with E-state index in [1.54, 1.807) is 24.3 Å². The molecule has 2 N–H and O–H groups in total. The van der Waals surface area contributed by atoms with Crippen molar-refractivity contribution in [1.82, 2.24) is 4.98 Å². The predicted octanol–water partition coefficient (Wildman–Crippen LogP) is 2.64. The van der Waals surface area contributed by atoms with E-state index in [2.05, 4.69) is 16.9 Å². The fourth-order valence-electron chi connectivity index (χ4n) is 1.25. The van der Waals surface area contributed by atoms with E-state index in [1.807, 2.05) is 5.38 Å². The van der Waals surface area contributed by atoms with Crippen LogP contribution in [0.3, 0.4) is 0 Å². The Balaban J connectivity index is 2.20. The zero-order chi connectivity index (χ0) is 12.3. The summed E-state index contributed by atoms with van der Waals surface area (Å²) in [6, 6.07) is 6.72. The maximum absolute atomic E-state index is 11.1. The number of hydrogen-bond acceptors (Lipinski definition) is 4. The molecule has 1 aromatic heterocycles. The zero-order valence-electron chi connectivity index (χ0n) is 8.88. The molecule has 0 aliphatic carbocycles. The molecule has 0 unspecified atom stereocenters. The molecule has 0 radical (unpaired) electrons. The maximum Gasteiger partial charge on any atom is 0.249 e. The summed E-state index contributed by atoms with van der Waals surface area (Å²) in [5.41, 5.74) is 1.65. The third-order valence-electron chi connectivity index (χ3n) is 2.08. The van der Waals surface area contributed by atoms with E-state index < -0.39 is 0 Å². The molecule has 0 saturated carbocycles. The number of aromatic hydroxyl groups is 1. The first kappa shape index (κ1) is 11.3. The summed E-state index contributed by atoms with van der Waals surface area (Å²) in [4.78, 5) is 15.3. The van der Waals surface area contributed by atoms with E-state index >= 15 is 0 Å². The molecule has 0 aliphatic rings. The van der Waals surface area contributed by atoms with E-state index in [4.69, 9.17) is 0 Å². The number of phenols is 1. The van der Waals surface area contributed by atoms with Gasteiger partial charge in [0, 0.05) is 10.9 Å². The fourth-order valence-corrected chi connectivity index (χ4v) is 1.97. The lowest BCUT2D eigenvalue weighted by atomic mass is 10.2. The molecule has 0 saturated heterocycles. The summed E-state index contributed by atoms with van der Waals surface area (Å²) in [5, 5.41) is 14.1. The Labute approximate surface area is 102 Å². The van der Waals surface area contributed by atoms with Crippen LogP contribution < -0.4 is 5.32 Å². The standard InChI is InChI=1S/C12H10N2O2S/c1-2-11(16)14-12-13-10(7-17-12)8-3-5-9(15)6-4-8/h2-7,15H,1H2,(H,13,14,16). The first-order valence-electron chi connectivity index (χ1n) is 4.87. The topological polar surface area (TPSA) is 62.2 Å². The van der Waals surface area contributed by atoms with E-state index in [0.29, 0.717) is 5.13 Å². The highest BCUT2D eigenvalue weighted by Crippen LogP contribution is 2.26. The second-order valence-electron chi connectivity index (χ2n) is 3.28. The summed E-state index contributed by atoms with van der Waals surface area (Å²) in [6.45, 7) is 3.37.